The van der Waals surface area contributed by atoms with Crippen molar-refractivity contribution >= 4 is 22.3 Å². The lowest BCUT2D eigenvalue weighted by molar-refractivity contribution is 0.186. The SMILES string of the molecule is COCCn1cnc2cc(N3CCN(c4ccncc4)CC3)ccc2c1=O. The first-order valence-corrected chi connectivity index (χ1v) is 9.14. The van der Waals surface area contributed by atoms with Gasteiger partial charge in [0.2, 0.25) is 0 Å². The molecule has 0 N–H and O–H groups in total. The molecule has 7 nitrogen and oxygen atoms in total. The number of fused-ring (bicyclic) bond motifs is 1. The molecule has 1 saturated heterocycles. The van der Waals surface area contributed by atoms with Gasteiger partial charge in [-0.15, -0.1) is 0 Å². The molecule has 4 rings (SSSR count). The van der Waals surface area contributed by atoms with Gasteiger partial charge in [0, 0.05) is 57.1 Å². The van der Waals surface area contributed by atoms with Crippen molar-refractivity contribution in [2.45, 2.75) is 6.54 Å². The van der Waals surface area contributed by atoms with E-state index in [4.69, 9.17) is 4.74 Å². The largest absolute Gasteiger partial charge is 0.383 e. The first-order valence-electron chi connectivity index (χ1n) is 9.14. The van der Waals surface area contributed by atoms with E-state index in [0.717, 1.165) is 37.4 Å². The average Bonchev–Trinajstić information content (AvgIpc) is 2.74. The molecule has 3 aromatic rings. The first-order chi connectivity index (χ1) is 13.3. The van der Waals surface area contributed by atoms with Gasteiger partial charge in [-0.2, -0.15) is 0 Å². The first kappa shape index (κ1) is 17.5. The molecule has 0 atom stereocenters. The second kappa shape index (κ2) is 7.75. The summed E-state index contributed by atoms with van der Waals surface area (Å²) in [6, 6.07) is 10.0. The fraction of sp³-hybridized carbons (Fsp3) is 0.350. The van der Waals surface area contributed by atoms with Crippen LogP contribution in [0, 0.1) is 0 Å². The Balaban J connectivity index is 1.51. The lowest BCUT2D eigenvalue weighted by atomic mass is 10.2. The van der Waals surface area contributed by atoms with Crippen LogP contribution in [-0.2, 0) is 11.3 Å². The molecule has 2 aromatic heterocycles. The highest BCUT2D eigenvalue weighted by Crippen LogP contribution is 2.22. The van der Waals surface area contributed by atoms with Gasteiger partial charge >= 0.3 is 0 Å². The number of anilines is 2. The lowest BCUT2D eigenvalue weighted by Crippen LogP contribution is -2.46. The molecular weight excluding hydrogens is 342 g/mol. The number of hydrogen-bond acceptors (Lipinski definition) is 6. The summed E-state index contributed by atoms with van der Waals surface area (Å²) in [5.74, 6) is 0. The Labute approximate surface area is 157 Å². The van der Waals surface area contributed by atoms with E-state index in [1.807, 2.05) is 42.7 Å². The zero-order chi connectivity index (χ0) is 18.6. The second-order valence-corrected chi connectivity index (χ2v) is 6.62. The van der Waals surface area contributed by atoms with Crippen molar-refractivity contribution < 1.29 is 4.74 Å². The normalized spacial score (nSPS) is 14.7. The number of methoxy groups -OCH3 is 1. The van der Waals surface area contributed by atoms with Crippen molar-refractivity contribution in [2.24, 2.45) is 0 Å². The molecule has 0 amide bonds. The lowest BCUT2D eigenvalue weighted by Gasteiger charge is -2.37. The van der Waals surface area contributed by atoms with Gasteiger partial charge in [0.05, 0.1) is 30.4 Å². The average molecular weight is 365 g/mol. The Hall–Kier alpha value is -2.93. The standard InChI is InChI=1S/C20H23N5O2/c1-27-13-12-25-15-22-19-14-17(2-3-18(19)20(25)26)24-10-8-23(9-11-24)16-4-6-21-7-5-16/h2-7,14-15H,8-13H2,1H3. The molecule has 140 valence electrons. The molecule has 7 heteroatoms. The van der Waals surface area contributed by atoms with E-state index in [2.05, 4.69) is 19.8 Å². The monoisotopic (exact) mass is 365 g/mol. The molecule has 1 aliphatic heterocycles. The number of pyridine rings is 1. The van der Waals surface area contributed by atoms with Gasteiger partial charge in [-0.1, -0.05) is 0 Å². The van der Waals surface area contributed by atoms with Crippen molar-refractivity contribution in [3.8, 4) is 0 Å². The highest BCUT2D eigenvalue weighted by molar-refractivity contribution is 5.81. The third-order valence-corrected chi connectivity index (χ3v) is 5.02. The predicted molar refractivity (Wildman–Crippen MR) is 107 cm³/mol. The van der Waals surface area contributed by atoms with E-state index in [1.54, 1.807) is 18.0 Å². The Morgan fingerprint density at radius 2 is 1.70 bits per heavy atom. The molecule has 0 radical (unpaired) electrons. The summed E-state index contributed by atoms with van der Waals surface area (Å²) in [5, 5.41) is 0.646. The predicted octanol–water partition coefficient (Wildman–Crippen LogP) is 1.76. The van der Waals surface area contributed by atoms with Crippen molar-refractivity contribution in [2.75, 3.05) is 49.7 Å². The van der Waals surface area contributed by atoms with Crippen molar-refractivity contribution in [3.63, 3.8) is 0 Å². The fourth-order valence-electron chi connectivity index (χ4n) is 3.47. The molecule has 0 unspecified atom stereocenters. The van der Waals surface area contributed by atoms with Crippen LogP contribution < -0.4 is 15.4 Å². The minimum atomic E-state index is -0.0221. The Bertz CT molecular complexity index is 965. The molecule has 1 fully saturated rings. The zero-order valence-corrected chi connectivity index (χ0v) is 15.4. The summed E-state index contributed by atoms with van der Waals surface area (Å²) >= 11 is 0. The summed E-state index contributed by atoms with van der Waals surface area (Å²) in [5.41, 5.74) is 3.04. The zero-order valence-electron chi connectivity index (χ0n) is 15.4. The maximum atomic E-state index is 12.6. The van der Waals surface area contributed by atoms with Crippen LogP contribution >= 0.6 is 0 Å². The van der Waals surface area contributed by atoms with Crippen LogP contribution in [0.25, 0.3) is 10.9 Å². The van der Waals surface area contributed by atoms with Gasteiger partial charge in [-0.3, -0.25) is 14.3 Å². The van der Waals surface area contributed by atoms with Crippen LogP contribution in [0.3, 0.4) is 0 Å². The Morgan fingerprint density at radius 3 is 2.41 bits per heavy atom. The number of rotatable bonds is 5. The summed E-state index contributed by atoms with van der Waals surface area (Å²) in [6.07, 6.45) is 5.26. The second-order valence-electron chi connectivity index (χ2n) is 6.62. The molecule has 3 heterocycles. The maximum Gasteiger partial charge on any atom is 0.261 e. The van der Waals surface area contributed by atoms with Gasteiger partial charge in [0.25, 0.3) is 5.56 Å². The number of ether oxygens (including phenoxy) is 1. The molecule has 0 spiro atoms. The van der Waals surface area contributed by atoms with Crippen LogP contribution in [0.4, 0.5) is 11.4 Å². The van der Waals surface area contributed by atoms with E-state index in [-0.39, 0.29) is 5.56 Å². The topological polar surface area (TPSA) is 63.5 Å². The summed E-state index contributed by atoms with van der Waals surface area (Å²) in [7, 11) is 1.63. The van der Waals surface area contributed by atoms with Gasteiger partial charge in [0.1, 0.15) is 0 Å². The van der Waals surface area contributed by atoms with Crippen LogP contribution in [-0.4, -0.2) is 54.4 Å². The Kier molecular flexibility index (Phi) is 5.02. The number of nitrogens with zero attached hydrogens (tertiary/aromatic N) is 5. The van der Waals surface area contributed by atoms with Gasteiger partial charge in [0.15, 0.2) is 0 Å². The quantitative estimate of drug-likeness (QED) is 0.687. The molecule has 0 saturated carbocycles. The Morgan fingerprint density at radius 1 is 1.00 bits per heavy atom. The molecule has 0 bridgehead atoms. The highest BCUT2D eigenvalue weighted by Gasteiger charge is 2.18. The number of aromatic nitrogens is 3. The van der Waals surface area contributed by atoms with Gasteiger partial charge in [-0.05, 0) is 30.3 Å². The van der Waals surface area contributed by atoms with Gasteiger partial charge in [-0.25, -0.2) is 4.98 Å². The van der Waals surface area contributed by atoms with Crippen LogP contribution in [0.1, 0.15) is 0 Å². The van der Waals surface area contributed by atoms with Crippen LogP contribution in [0.2, 0.25) is 0 Å². The maximum absolute atomic E-state index is 12.6. The highest BCUT2D eigenvalue weighted by atomic mass is 16.5. The minimum Gasteiger partial charge on any atom is -0.383 e. The summed E-state index contributed by atoms with van der Waals surface area (Å²) < 4.78 is 6.65. The van der Waals surface area contributed by atoms with Gasteiger partial charge < -0.3 is 14.5 Å². The number of benzene rings is 1. The van der Waals surface area contributed by atoms with E-state index < -0.39 is 0 Å². The van der Waals surface area contributed by atoms with E-state index in [1.165, 1.54) is 5.69 Å². The third kappa shape index (κ3) is 3.64. The smallest absolute Gasteiger partial charge is 0.261 e. The van der Waals surface area contributed by atoms with E-state index >= 15 is 0 Å². The summed E-state index contributed by atoms with van der Waals surface area (Å²) in [6.45, 7) is 4.77. The summed E-state index contributed by atoms with van der Waals surface area (Å²) in [4.78, 5) is 25.8. The third-order valence-electron chi connectivity index (χ3n) is 5.02. The molecular formula is C20H23N5O2. The van der Waals surface area contributed by atoms with E-state index in [0.29, 0.717) is 18.5 Å². The van der Waals surface area contributed by atoms with Crippen LogP contribution in [0.5, 0.6) is 0 Å². The van der Waals surface area contributed by atoms with Crippen LogP contribution in [0.15, 0.2) is 53.8 Å². The number of piperazine rings is 1. The van der Waals surface area contributed by atoms with Crippen molar-refractivity contribution in [3.05, 3.63) is 59.4 Å². The molecule has 0 aliphatic carbocycles. The minimum absolute atomic E-state index is 0.0221. The number of hydrogen-bond donors (Lipinski definition) is 0. The fourth-order valence-corrected chi connectivity index (χ4v) is 3.47. The molecule has 27 heavy (non-hydrogen) atoms. The van der Waals surface area contributed by atoms with Crippen molar-refractivity contribution in [1.82, 2.24) is 14.5 Å². The van der Waals surface area contributed by atoms with E-state index in [9.17, 15) is 4.79 Å². The molecule has 1 aliphatic rings. The van der Waals surface area contributed by atoms with Crippen molar-refractivity contribution in [1.29, 1.82) is 0 Å². The molecule has 1 aromatic carbocycles.